The lowest BCUT2D eigenvalue weighted by Gasteiger charge is -2.27. The van der Waals surface area contributed by atoms with E-state index in [2.05, 4.69) is 0 Å². The predicted molar refractivity (Wildman–Crippen MR) is 52.6 cm³/mol. The van der Waals surface area contributed by atoms with Gasteiger partial charge in [0.05, 0.1) is 0 Å². The SMILES string of the molecule is O=CC1CCC2C(=S)CC(=O)C2C1. The number of fused-ring (bicyclic) bond motifs is 1. The molecule has 0 aromatic carbocycles. The quantitative estimate of drug-likeness (QED) is 0.471. The summed E-state index contributed by atoms with van der Waals surface area (Å²) >= 11 is 5.16. The van der Waals surface area contributed by atoms with E-state index in [9.17, 15) is 9.59 Å². The maximum atomic E-state index is 11.5. The Morgan fingerprint density at radius 1 is 1.31 bits per heavy atom. The van der Waals surface area contributed by atoms with E-state index in [1.54, 1.807) is 0 Å². The molecule has 2 aliphatic carbocycles. The van der Waals surface area contributed by atoms with Gasteiger partial charge in [0.25, 0.3) is 0 Å². The molecule has 2 nitrogen and oxygen atoms in total. The molecule has 0 aromatic rings. The summed E-state index contributed by atoms with van der Waals surface area (Å²) in [6.07, 6.45) is 4.07. The third-order valence-corrected chi connectivity index (χ3v) is 3.71. The van der Waals surface area contributed by atoms with Crippen LogP contribution in [-0.4, -0.2) is 16.9 Å². The van der Waals surface area contributed by atoms with Crippen molar-refractivity contribution in [2.75, 3.05) is 0 Å². The smallest absolute Gasteiger partial charge is 0.141 e. The standard InChI is InChI=1S/C10H12O2S/c11-5-6-1-2-7-8(3-6)9(12)4-10(7)13/h5-8H,1-4H2. The number of aldehydes is 1. The van der Waals surface area contributed by atoms with E-state index >= 15 is 0 Å². The summed E-state index contributed by atoms with van der Waals surface area (Å²) in [6.45, 7) is 0. The van der Waals surface area contributed by atoms with Gasteiger partial charge in [-0.3, -0.25) is 4.79 Å². The van der Waals surface area contributed by atoms with Gasteiger partial charge in [-0.15, -0.1) is 0 Å². The third kappa shape index (κ3) is 1.46. The largest absolute Gasteiger partial charge is 0.303 e. The minimum absolute atomic E-state index is 0.0800. The molecule has 2 saturated carbocycles. The molecule has 3 heteroatoms. The Kier molecular flexibility index (Phi) is 2.28. The summed E-state index contributed by atoms with van der Waals surface area (Å²) in [5.41, 5.74) is 0. The van der Waals surface area contributed by atoms with Gasteiger partial charge in [0.2, 0.25) is 0 Å². The van der Waals surface area contributed by atoms with E-state index in [0.717, 1.165) is 30.4 Å². The Morgan fingerprint density at radius 3 is 2.77 bits per heavy atom. The average Bonchev–Trinajstić information content (AvgIpc) is 2.42. The molecule has 0 N–H and O–H groups in total. The van der Waals surface area contributed by atoms with Crippen LogP contribution in [-0.2, 0) is 9.59 Å². The lowest BCUT2D eigenvalue weighted by Crippen LogP contribution is -2.27. The van der Waals surface area contributed by atoms with Gasteiger partial charge < -0.3 is 4.79 Å². The summed E-state index contributed by atoms with van der Waals surface area (Å²) in [4.78, 5) is 23.0. The molecule has 2 rings (SSSR count). The zero-order valence-corrected chi connectivity index (χ0v) is 8.18. The van der Waals surface area contributed by atoms with Crippen molar-refractivity contribution >= 4 is 29.2 Å². The third-order valence-electron chi connectivity index (χ3n) is 3.26. The number of Topliss-reactive ketones (excluding diaryl/α,β-unsaturated/α-hetero) is 1. The first-order valence-corrected chi connectivity index (χ1v) is 5.14. The number of carbonyl (C=O) groups is 2. The van der Waals surface area contributed by atoms with E-state index in [4.69, 9.17) is 12.2 Å². The monoisotopic (exact) mass is 196 g/mol. The molecule has 0 aliphatic heterocycles. The molecule has 2 fully saturated rings. The lowest BCUT2D eigenvalue weighted by molar-refractivity contribution is -0.123. The Balaban J connectivity index is 2.14. The van der Waals surface area contributed by atoms with Crippen LogP contribution in [0.5, 0.6) is 0 Å². The highest BCUT2D eigenvalue weighted by Crippen LogP contribution is 2.40. The number of rotatable bonds is 1. The number of carbonyl (C=O) groups excluding carboxylic acids is 2. The van der Waals surface area contributed by atoms with E-state index in [0.29, 0.717) is 12.3 Å². The Morgan fingerprint density at radius 2 is 2.08 bits per heavy atom. The van der Waals surface area contributed by atoms with Crippen LogP contribution in [0.15, 0.2) is 0 Å². The average molecular weight is 196 g/mol. The second kappa shape index (κ2) is 3.29. The van der Waals surface area contributed by atoms with Crippen molar-refractivity contribution in [2.24, 2.45) is 17.8 Å². The van der Waals surface area contributed by atoms with Gasteiger partial charge >= 0.3 is 0 Å². The first kappa shape index (κ1) is 9.00. The summed E-state index contributed by atoms with van der Waals surface area (Å²) in [7, 11) is 0. The highest BCUT2D eigenvalue weighted by atomic mass is 32.1. The molecule has 70 valence electrons. The summed E-state index contributed by atoms with van der Waals surface area (Å²) < 4.78 is 0. The van der Waals surface area contributed by atoms with Crippen molar-refractivity contribution in [1.29, 1.82) is 0 Å². The Bertz CT molecular complexity index is 272. The van der Waals surface area contributed by atoms with E-state index in [-0.39, 0.29) is 17.6 Å². The summed E-state index contributed by atoms with van der Waals surface area (Å²) in [5, 5.41) is 0. The first-order chi connectivity index (χ1) is 6.22. The second-order valence-electron chi connectivity index (χ2n) is 4.03. The van der Waals surface area contributed by atoms with Crippen LogP contribution in [0.2, 0.25) is 0 Å². The minimum atomic E-state index is 0.0800. The van der Waals surface area contributed by atoms with Crippen LogP contribution < -0.4 is 0 Å². The zero-order valence-electron chi connectivity index (χ0n) is 7.36. The van der Waals surface area contributed by atoms with Gasteiger partial charge in [-0.1, -0.05) is 12.2 Å². The van der Waals surface area contributed by atoms with E-state index < -0.39 is 0 Å². The Hall–Kier alpha value is -0.570. The van der Waals surface area contributed by atoms with Crippen LogP contribution >= 0.6 is 12.2 Å². The molecule has 0 spiro atoms. The molecule has 3 unspecified atom stereocenters. The molecule has 0 bridgehead atoms. The maximum absolute atomic E-state index is 11.5. The molecule has 2 aliphatic rings. The van der Waals surface area contributed by atoms with Crippen LogP contribution in [0.25, 0.3) is 0 Å². The van der Waals surface area contributed by atoms with E-state index in [1.807, 2.05) is 0 Å². The fourth-order valence-electron chi connectivity index (χ4n) is 2.50. The first-order valence-electron chi connectivity index (χ1n) is 4.73. The fraction of sp³-hybridized carbons (Fsp3) is 0.700. The van der Waals surface area contributed by atoms with Gasteiger partial charge in [0, 0.05) is 29.0 Å². The molecular weight excluding hydrogens is 184 g/mol. The maximum Gasteiger partial charge on any atom is 0.141 e. The minimum Gasteiger partial charge on any atom is -0.303 e. The molecule has 0 radical (unpaired) electrons. The van der Waals surface area contributed by atoms with Gasteiger partial charge in [0.15, 0.2) is 0 Å². The number of ketones is 1. The molecule has 0 amide bonds. The summed E-state index contributed by atoms with van der Waals surface area (Å²) in [6, 6.07) is 0. The molecule has 3 atom stereocenters. The van der Waals surface area contributed by atoms with Crippen LogP contribution in [0.3, 0.4) is 0 Å². The van der Waals surface area contributed by atoms with Crippen LogP contribution in [0.4, 0.5) is 0 Å². The van der Waals surface area contributed by atoms with Gasteiger partial charge in [-0.05, 0) is 19.3 Å². The highest BCUT2D eigenvalue weighted by molar-refractivity contribution is 7.80. The highest BCUT2D eigenvalue weighted by Gasteiger charge is 2.42. The topological polar surface area (TPSA) is 34.1 Å². The number of hydrogen-bond acceptors (Lipinski definition) is 3. The molecule has 0 aromatic heterocycles. The number of hydrogen-bond donors (Lipinski definition) is 0. The second-order valence-corrected chi connectivity index (χ2v) is 4.56. The molecule has 0 saturated heterocycles. The Labute approximate surface area is 82.7 Å². The number of thiocarbonyl (C=S) groups is 1. The van der Waals surface area contributed by atoms with Gasteiger partial charge in [0.1, 0.15) is 12.1 Å². The normalized spacial score (nSPS) is 38.9. The molecule has 13 heavy (non-hydrogen) atoms. The van der Waals surface area contributed by atoms with Crippen molar-refractivity contribution in [3.05, 3.63) is 0 Å². The molecular formula is C10H12O2S. The zero-order chi connectivity index (χ0) is 9.42. The van der Waals surface area contributed by atoms with Crippen LogP contribution in [0, 0.1) is 17.8 Å². The van der Waals surface area contributed by atoms with E-state index in [1.165, 1.54) is 0 Å². The van der Waals surface area contributed by atoms with Gasteiger partial charge in [-0.25, -0.2) is 0 Å². The van der Waals surface area contributed by atoms with Crippen molar-refractivity contribution in [3.63, 3.8) is 0 Å². The summed E-state index contributed by atoms with van der Waals surface area (Å²) in [5.74, 6) is 0.766. The predicted octanol–water partition coefficient (Wildman–Crippen LogP) is 1.56. The fourth-order valence-corrected chi connectivity index (χ4v) is 2.93. The molecule has 0 heterocycles. The van der Waals surface area contributed by atoms with Crippen molar-refractivity contribution < 1.29 is 9.59 Å². The lowest BCUT2D eigenvalue weighted by atomic mass is 9.76. The van der Waals surface area contributed by atoms with Crippen molar-refractivity contribution in [2.45, 2.75) is 25.7 Å². The van der Waals surface area contributed by atoms with Crippen LogP contribution in [0.1, 0.15) is 25.7 Å². The van der Waals surface area contributed by atoms with Gasteiger partial charge in [-0.2, -0.15) is 0 Å². The van der Waals surface area contributed by atoms with Crippen molar-refractivity contribution in [3.8, 4) is 0 Å². The van der Waals surface area contributed by atoms with Crippen molar-refractivity contribution in [1.82, 2.24) is 0 Å².